The minimum atomic E-state index is -1.01. The second-order valence-electron chi connectivity index (χ2n) is 7.22. The first-order valence-electron chi connectivity index (χ1n) is 8.59. The van der Waals surface area contributed by atoms with Gasteiger partial charge >= 0.3 is 12.1 Å². The highest BCUT2D eigenvalue weighted by atomic mass is 19.1. The van der Waals surface area contributed by atoms with Crippen molar-refractivity contribution in [2.45, 2.75) is 52.2 Å². The summed E-state index contributed by atoms with van der Waals surface area (Å²) in [5, 5.41) is 0. The fourth-order valence-electron chi connectivity index (χ4n) is 2.87. The van der Waals surface area contributed by atoms with Crippen LogP contribution in [0.5, 0.6) is 0 Å². The van der Waals surface area contributed by atoms with E-state index in [1.807, 2.05) is 0 Å². The minimum absolute atomic E-state index is 0.147. The quantitative estimate of drug-likeness (QED) is 0.767. The van der Waals surface area contributed by atoms with E-state index in [9.17, 15) is 18.8 Å². The third-order valence-electron chi connectivity index (χ3n) is 3.95. The molecular formula is C19H24FNO5. The topological polar surface area (TPSA) is 72.9 Å². The Labute approximate surface area is 152 Å². The molecule has 1 heterocycles. The summed E-state index contributed by atoms with van der Waals surface area (Å²) in [5.74, 6) is -2.07. The Kier molecular flexibility index (Phi) is 6.00. The van der Waals surface area contributed by atoms with Crippen LogP contribution in [0.2, 0.25) is 0 Å². The van der Waals surface area contributed by atoms with Crippen LogP contribution in [0.15, 0.2) is 24.3 Å². The van der Waals surface area contributed by atoms with Gasteiger partial charge in [0.1, 0.15) is 17.5 Å². The summed E-state index contributed by atoms with van der Waals surface area (Å²) in [6, 6.07) is 4.77. The Morgan fingerprint density at radius 2 is 1.85 bits per heavy atom. The summed E-state index contributed by atoms with van der Waals surface area (Å²) in [6.07, 6.45) is -0.412. The van der Waals surface area contributed by atoms with E-state index < -0.39 is 35.5 Å². The highest BCUT2D eigenvalue weighted by Crippen LogP contribution is 2.30. The van der Waals surface area contributed by atoms with Crippen LogP contribution in [0.1, 0.15) is 39.7 Å². The molecule has 0 spiro atoms. The normalized spacial score (nSPS) is 20.2. The van der Waals surface area contributed by atoms with Crippen LogP contribution < -0.4 is 0 Å². The van der Waals surface area contributed by atoms with Crippen LogP contribution in [0.3, 0.4) is 0 Å². The number of ether oxygens (including phenoxy) is 2. The molecule has 7 heteroatoms. The largest absolute Gasteiger partial charge is 0.464 e. The first kappa shape index (κ1) is 19.9. The van der Waals surface area contributed by atoms with Gasteiger partial charge in [0.15, 0.2) is 0 Å². The molecule has 0 N–H and O–H groups in total. The van der Waals surface area contributed by atoms with Crippen molar-refractivity contribution in [3.8, 4) is 0 Å². The lowest BCUT2D eigenvalue weighted by Gasteiger charge is -2.26. The summed E-state index contributed by atoms with van der Waals surface area (Å²) in [6.45, 7) is 6.85. The molecule has 0 saturated carbocycles. The molecule has 2 atom stereocenters. The first-order valence-corrected chi connectivity index (χ1v) is 8.59. The molecule has 0 bridgehead atoms. The van der Waals surface area contributed by atoms with Crippen LogP contribution in [-0.2, 0) is 25.5 Å². The molecule has 1 aromatic carbocycles. The molecular weight excluding hydrogens is 341 g/mol. The summed E-state index contributed by atoms with van der Waals surface area (Å²) in [4.78, 5) is 38.3. The molecule has 142 valence electrons. The van der Waals surface area contributed by atoms with Crippen molar-refractivity contribution in [2.75, 3.05) is 6.61 Å². The zero-order chi connectivity index (χ0) is 19.5. The number of halogens is 1. The van der Waals surface area contributed by atoms with Gasteiger partial charge in [-0.1, -0.05) is 12.1 Å². The molecule has 0 radical (unpaired) electrons. The Morgan fingerprint density at radius 1 is 1.23 bits per heavy atom. The predicted molar refractivity (Wildman–Crippen MR) is 91.7 cm³/mol. The van der Waals surface area contributed by atoms with Gasteiger partial charge in [-0.2, -0.15) is 0 Å². The number of esters is 1. The Bertz CT molecular complexity index is 680. The summed E-state index contributed by atoms with van der Waals surface area (Å²) in [5.41, 5.74) is -0.0515. The van der Waals surface area contributed by atoms with E-state index in [-0.39, 0.29) is 18.8 Å². The predicted octanol–water partition coefficient (Wildman–Crippen LogP) is 3.08. The van der Waals surface area contributed by atoms with E-state index in [2.05, 4.69) is 0 Å². The Balaban J connectivity index is 2.22. The van der Waals surface area contributed by atoms with E-state index in [1.54, 1.807) is 39.8 Å². The number of likely N-dealkylation sites (tertiary alicyclic amines) is 1. The van der Waals surface area contributed by atoms with Gasteiger partial charge in [0.2, 0.25) is 5.91 Å². The van der Waals surface area contributed by atoms with Crippen molar-refractivity contribution in [1.29, 1.82) is 0 Å². The smallest absolute Gasteiger partial charge is 0.417 e. The van der Waals surface area contributed by atoms with Crippen LogP contribution in [0, 0.1) is 11.7 Å². The molecule has 1 aliphatic heterocycles. The average molecular weight is 365 g/mol. The number of hydrogen-bond acceptors (Lipinski definition) is 5. The Morgan fingerprint density at radius 3 is 2.38 bits per heavy atom. The van der Waals surface area contributed by atoms with Gasteiger partial charge in [0, 0.05) is 5.92 Å². The van der Waals surface area contributed by atoms with E-state index in [0.717, 1.165) is 10.5 Å². The maximum absolute atomic E-state index is 13.1. The van der Waals surface area contributed by atoms with Crippen molar-refractivity contribution in [3.63, 3.8) is 0 Å². The molecule has 1 aromatic rings. The number of benzene rings is 1. The summed E-state index contributed by atoms with van der Waals surface area (Å²) in [7, 11) is 0. The van der Waals surface area contributed by atoms with Crippen molar-refractivity contribution in [2.24, 2.45) is 5.92 Å². The summed E-state index contributed by atoms with van der Waals surface area (Å²) < 4.78 is 23.3. The molecule has 1 saturated heterocycles. The number of hydrogen-bond donors (Lipinski definition) is 0. The van der Waals surface area contributed by atoms with Crippen molar-refractivity contribution in [1.82, 2.24) is 4.90 Å². The fourth-order valence-corrected chi connectivity index (χ4v) is 2.87. The van der Waals surface area contributed by atoms with Crippen molar-refractivity contribution in [3.05, 3.63) is 35.6 Å². The van der Waals surface area contributed by atoms with E-state index in [1.165, 1.54) is 12.1 Å². The number of rotatable bonds is 4. The highest BCUT2D eigenvalue weighted by molar-refractivity contribution is 6.00. The zero-order valence-electron chi connectivity index (χ0n) is 15.5. The molecule has 0 unspecified atom stereocenters. The van der Waals surface area contributed by atoms with Gasteiger partial charge in [-0.25, -0.2) is 18.9 Å². The lowest BCUT2D eigenvalue weighted by Crippen LogP contribution is -2.46. The molecule has 26 heavy (non-hydrogen) atoms. The second kappa shape index (κ2) is 7.85. The standard InChI is InChI=1S/C19H24FNO5/c1-5-25-17(23)15-11-13(10-12-6-8-14(20)9-7-12)16(22)21(15)18(24)26-19(2,3)4/h6-9,13,15H,5,10-11H2,1-4H3/t13-,15+/m1/s1. The van der Waals surface area contributed by atoms with Crippen LogP contribution in [0.25, 0.3) is 0 Å². The van der Waals surface area contributed by atoms with E-state index >= 15 is 0 Å². The van der Waals surface area contributed by atoms with Crippen LogP contribution >= 0.6 is 0 Å². The van der Waals surface area contributed by atoms with Gasteiger partial charge in [0.25, 0.3) is 0 Å². The van der Waals surface area contributed by atoms with Crippen molar-refractivity contribution < 1.29 is 28.2 Å². The van der Waals surface area contributed by atoms with Crippen molar-refractivity contribution >= 4 is 18.0 Å². The maximum atomic E-state index is 13.1. The third kappa shape index (κ3) is 4.80. The molecule has 0 aromatic heterocycles. The maximum Gasteiger partial charge on any atom is 0.417 e. The number of carbonyl (C=O) groups excluding carboxylic acids is 3. The Hall–Kier alpha value is -2.44. The van der Waals surface area contributed by atoms with Gasteiger partial charge < -0.3 is 9.47 Å². The lowest BCUT2D eigenvalue weighted by atomic mass is 9.96. The van der Waals surface area contributed by atoms with E-state index in [4.69, 9.17) is 9.47 Å². The third-order valence-corrected chi connectivity index (χ3v) is 3.95. The zero-order valence-corrected chi connectivity index (χ0v) is 15.5. The minimum Gasteiger partial charge on any atom is -0.464 e. The number of carbonyl (C=O) groups is 3. The molecule has 1 aliphatic rings. The average Bonchev–Trinajstić information content (AvgIpc) is 2.85. The molecule has 0 aliphatic carbocycles. The van der Waals surface area contributed by atoms with Crippen LogP contribution in [-0.4, -0.2) is 41.1 Å². The van der Waals surface area contributed by atoms with Crippen LogP contribution in [0.4, 0.5) is 9.18 Å². The van der Waals surface area contributed by atoms with Gasteiger partial charge in [-0.05, 0) is 58.2 Å². The second-order valence-corrected chi connectivity index (χ2v) is 7.22. The molecule has 2 amide bonds. The number of imide groups is 1. The highest BCUT2D eigenvalue weighted by Gasteiger charge is 2.48. The molecule has 1 fully saturated rings. The lowest BCUT2D eigenvalue weighted by molar-refractivity contribution is -0.151. The SMILES string of the molecule is CCOC(=O)[C@@H]1C[C@@H](Cc2ccc(F)cc2)C(=O)N1C(=O)OC(C)(C)C. The molecule has 2 rings (SSSR count). The number of amides is 2. The first-order chi connectivity index (χ1) is 12.1. The molecule has 6 nitrogen and oxygen atoms in total. The fraction of sp³-hybridized carbons (Fsp3) is 0.526. The van der Waals surface area contributed by atoms with Gasteiger partial charge in [-0.15, -0.1) is 0 Å². The van der Waals surface area contributed by atoms with Gasteiger partial charge in [0.05, 0.1) is 6.61 Å². The monoisotopic (exact) mass is 365 g/mol. The summed E-state index contributed by atoms with van der Waals surface area (Å²) >= 11 is 0. The van der Waals surface area contributed by atoms with E-state index in [0.29, 0.717) is 6.42 Å². The number of nitrogens with zero attached hydrogens (tertiary/aromatic N) is 1. The van der Waals surface area contributed by atoms with Gasteiger partial charge in [-0.3, -0.25) is 4.79 Å².